The highest BCUT2D eigenvalue weighted by Gasteiger charge is 2.23. The van der Waals surface area contributed by atoms with E-state index in [1.807, 2.05) is 121 Å². The Morgan fingerprint density at radius 2 is 0.703 bits per heavy atom. The van der Waals surface area contributed by atoms with Crippen molar-refractivity contribution in [1.29, 1.82) is 0 Å². The summed E-state index contributed by atoms with van der Waals surface area (Å²) in [5.74, 6) is 3.59. The van der Waals surface area contributed by atoms with Crippen LogP contribution in [0.3, 0.4) is 0 Å². The summed E-state index contributed by atoms with van der Waals surface area (Å²) >= 11 is 0. The number of para-hydroxylation sites is 1. The highest BCUT2D eigenvalue weighted by Crippen LogP contribution is 2.42. The quantitative estimate of drug-likeness (QED) is 0.149. The van der Waals surface area contributed by atoms with Crippen LogP contribution in [-0.2, 0) is 0 Å². The molecule has 0 saturated heterocycles. The highest BCUT2D eigenvalue weighted by atomic mass is 15.2. The summed E-state index contributed by atoms with van der Waals surface area (Å²) in [7, 11) is 0. The van der Waals surface area contributed by atoms with Crippen LogP contribution < -0.4 is 0 Å². The van der Waals surface area contributed by atoms with Gasteiger partial charge in [0.25, 0.3) is 0 Å². The minimum atomic E-state index is 0.560. The summed E-state index contributed by atoms with van der Waals surface area (Å²) in [4.78, 5) is 30.7. The minimum absolute atomic E-state index is 0.560. The van der Waals surface area contributed by atoms with Crippen molar-refractivity contribution in [1.82, 2.24) is 39.0 Å². The van der Waals surface area contributed by atoms with Crippen LogP contribution in [0.4, 0.5) is 0 Å². The molecule has 298 valence electrons. The molecule has 0 amide bonds. The summed E-state index contributed by atoms with van der Waals surface area (Å²) in [5, 5.41) is 6.88. The third-order valence-corrected chi connectivity index (χ3v) is 12.2. The summed E-state index contributed by atoms with van der Waals surface area (Å²) in [6.45, 7) is 0. The topological polar surface area (TPSA) is 87.2 Å². The Hall–Kier alpha value is -8.88. The van der Waals surface area contributed by atoms with Crippen LogP contribution in [0.1, 0.15) is 0 Å². The maximum absolute atomic E-state index is 5.21. The molecule has 0 fully saturated rings. The molecule has 9 aromatic carbocycles. The number of benzene rings is 9. The first kappa shape index (κ1) is 35.8. The molecule has 8 heteroatoms. The van der Waals surface area contributed by atoms with Crippen molar-refractivity contribution in [3.63, 3.8) is 0 Å². The van der Waals surface area contributed by atoms with Crippen LogP contribution in [-0.4, -0.2) is 39.0 Å². The summed E-state index contributed by atoms with van der Waals surface area (Å²) in [5.41, 5.74) is 9.95. The lowest BCUT2D eigenvalue weighted by molar-refractivity contribution is 0.953. The van der Waals surface area contributed by atoms with Crippen LogP contribution in [0.2, 0.25) is 0 Å². The number of hydrogen-bond donors (Lipinski definition) is 0. The number of aromatic nitrogens is 8. The van der Waals surface area contributed by atoms with E-state index >= 15 is 0 Å². The zero-order valence-electron chi connectivity index (χ0n) is 34.2. The fraction of sp³-hybridized carbons (Fsp3) is 0. The van der Waals surface area contributed by atoms with Crippen molar-refractivity contribution in [3.8, 4) is 68.6 Å². The van der Waals surface area contributed by atoms with E-state index in [1.165, 1.54) is 16.2 Å². The van der Waals surface area contributed by atoms with Gasteiger partial charge in [0, 0.05) is 43.8 Å². The molecule has 0 saturated carbocycles. The summed E-state index contributed by atoms with van der Waals surface area (Å²) in [6.07, 6.45) is 0. The molecule has 8 nitrogen and oxygen atoms in total. The van der Waals surface area contributed by atoms with Crippen molar-refractivity contribution < 1.29 is 0 Å². The van der Waals surface area contributed by atoms with E-state index in [4.69, 9.17) is 29.9 Å². The Balaban J connectivity index is 1.03. The van der Waals surface area contributed by atoms with E-state index in [9.17, 15) is 0 Å². The van der Waals surface area contributed by atoms with E-state index in [-0.39, 0.29) is 0 Å². The molecule has 64 heavy (non-hydrogen) atoms. The van der Waals surface area contributed by atoms with Crippen molar-refractivity contribution in [2.24, 2.45) is 0 Å². The average Bonchev–Trinajstić information content (AvgIpc) is 3.90. The molecule has 0 N–H and O–H groups in total. The van der Waals surface area contributed by atoms with Gasteiger partial charge in [-0.2, -0.15) is 19.9 Å². The van der Waals surface area contributed by atoms with Crippen LogP contribution in [0.5, 0.6) is 0 Å². The van der Waals surface area contributed by atoms with E-state index in [0.717, 1.165) is 71.6 Å². The standard InChI is InChI=1S/C56H34N8/c1-5-16-36(17-6-1)51-57-52(37-18-7-2-8-19-37)60-55(59-51)63-45-26-14-13-25-43(45)44-33-40(30-31-46(44)63)42-32-41-29-28-35-24-15-27-47-49(35)50(41)48(34-42)64(47)56-61-53(38-20-9-3-10-21-38)58-54(62-56)39-22-11-4-12-23-39/h1-34H. The van der Waals surface area contributed by atoms with Gasteiger partial charge in [-0.15, -0.1) is 0 Å². The van der Waals surface area contributed by atoms with Crippen molar-refractivity contribution in [2.45, 2.75) is 0 Å². The largest absolute Gasteiger partial charge is 0.278 e. The zero-order chi connectivity index (χ0) is 42.1. The van der Waals surface area contributed by atoms with E-state index in [1.54, 1.807) is 0 Å². The third-order valence-electron chi connectivity index (χ3n) is 12.2. The lowest BCUT2D eigenvalue weighted by Gasteiger charge is -2.12. The Labute approximate surface area is 366 Å². The molecule has 0 aliphatic rings. The minimum Gasteiger partial charge on any atom is -0.278 e. The third kappa shape index (κ3) is 5.77. The fourth-order valence-electron chi connectivity index (χ4n) is 9.24. The van der Waals surface area contributed by atoms with E-state index in [0.29, 0.717) is 35.2 Å². The second-order valence-corrected chi connectivity index (χ2v) is 16.0. The summed E-state index contributed by atoms with van der Waals surface area (Å²) in [6, 6.07) is 71.2. The lowest BCUT2D eigenvalue weighted by Crippen LogP contribution is -2.06. The number of rotatable bonds is 7. The predicted octanol–water partition coefficient (Wildman–Crippen LogP) is 13.2. The first-order chi connectivity index (χ1) is 31.7. The molecule has 0 unspecified atom stereocenters. The van der Waals surface area contributed by atoms with Gasteiger partial charge in [0.15, 0.2) is 23.3 Å². The van der Waals surface area contributed by atoms with Gasteiger partial charge in [-0.05, 0) is 58.3 Å². The van der Waals surface area contributed by atoms with Crippen LogP contribution in [0, 0.1) is 0 Å². The molecule has 0 bridgehead atoms. The molecule has 0 aliphatic carbocycles. The molecule has 4 aromatic heterocycles. The predicted molar refractivity (Wildman–Crippen MR) is 258 cm³/mol. The Kier molecular flexibility index (Phi) is 8.04. The van der Waals surface area contributed by atoms with Crippen molar-refractivity contribution >= 4 is 54.4 Å². The Morgan fingerprint density at radius 1 is 0.250 bits per heavy atom. The van der Waals surface area contributed by atoms with Gasteiger partial charge >= 0.3 is 0 Å². The van der Waals surface area contributed by atoms with Gasteiger partial charge in [-0.3, -0.25) is 9.13 Å². The number of fused-ring (bicyclic) bond motifs is 3. The first-order valence-corrected chi connectivity index (χ1v) is 21.3. The molecular weight excluding hydrogens is 785 g/mol. The lowest BCUT2D eigenvalue weighted by atomic mass is 9.96. The molecule has 0 atom stereocenters. The second-order valence-electron chi connectivity index (χ2n) is 16.0. The van der Waals surface area contributed by atoms with Gasteiger partial charge < -0.3 is 0 Å². The molecular formula is C56H34N8. The van der Waals surface area contributed by atoms with Gasteiger partial charge in [0.2, 0.25) is 11.9 Å². The van der Waals surface area contributed by atoms with Crippen molar-refractivity contribution in [3.05, 3.63) is 206 Å². The van der Waals surface area contributed by atoms with Crippen LogP contribution in [0.25, 0.3) is 123 Å². The molecule has 0 aliphatic heterocycles. The SMILES string of the molecule is c1ccc(-c2nc(-c3ccccc3)nc(-n3c4ccccc4c4cc(-c5cc6ccc7cccc8c7c6c(c5)n8-c5nc(-c6ccccc6)nc(-c6ccccc6)n5)ccc43)n2)cc1. The number of nitrogens with zero attached hydrogens (tertiary/aromatic N) is 8. The fourth-order valence-corrected chi connectivity index (χ4v) is 9.24. The molecule has 0 spiro atoms. The average molecular weight is 819 g/mol. The molecule has 13 aromatic rings. The van der Waals surface area contributed by atoms with Gasteiger partial charge in [0.05, 0.1) is 22.1 Å². The maximum Gasteiger partial charge on any atom is 0.238 e. The monoisotopic (exact) mass is 818 g/mol. The van der Waals surface area contributed by atoms with Gasteiger partial charge in [0.1, 0.15) is 0 Å². The highest BCUT2D eigenvalue weighted by molar-refractivity contribution is 6.25. The van der Waals surface area contributed by atoms with Gasteiger partial charge in [-0.1, -0.05) is 170 Å². The Bertz CT molecular complexity index is 3770. The van der Waals surface area contributed by atoms with Crippen molar-refractivity contribution in [2.75, 3.05) is 0 Å². The normalized spacial score (nSPS) is 11.8. The second kappa shape index (κ2) is 14.4. The zero-order valence-corrected chi connectivity index (χ0v) is 34.2. The Morgan fingerprint density at radius 3 is 1.27 bits per heavy atom. The molecule has 13 rings (SSSR count). The van der Waals surface area contributed by atoms with Crippen LogP contribution >= 0.6 is 0 Å². The van der Waals surface area contributed by atoms with E-state index < -0.39 is 0 Å². The molecule has 4 heterocycles. The van der Waals surface area contributed by atoms with Crippen LogP contribution in [0.15, 0.2) is 206 Å². The summed E-state index contributed by atoms with van der Waals surface area (Å²) < 4.78 is 4.38. The molecule has 0 radical (unpaired) electrons. The van der Waals surface area contributed by atoms with Gasteiger partial charge in [-0.25, -0.2) is 9.97 Å². The number of hydrogen-bond acceptors (Lipinski definition) is 6. The van der Waals surface area contributed by atoms with E-state index in [2.05, 4.69) is 94.1 Å². The maximum atomic E-state index is 5.21. The first-order valence-electron chi connectivity index (χ1n) is 21.3. The smallest absolute Gasteiger partial charge is 0.238 e.